The summed E-state index contributed by atoms with van der Waals surface area (Å²) >= 11 is 0. The minimum absolute atomic E-state index is 0.324. The Balaban J connectivity index is 1.88. The van der Waals surface area contributed by atoms with Gasteiger partial charge >= 0.3 is 0 Å². The van der Waals surface area contributed by atoms with E-state index in [0.717, 1.165) is 0 Å². The molecular formula is C15H14O. The Bertz CT molecular complexity index is 473. The monoisotopic (exact) mass is 210 g/mol. The Hall–Kier alpha value is -1.60. The third-order valence-electron chi connectivity index (χ3n) is 3.06. The number of hydrogen-bond acceptors (Lipinski definition) is 1. The maximum atomic E-state index is 5.45. The molecule has 0 saturated carbocycles. The first-order chi connectivity index (χ1) is 7.84. The Morgan fingerprint density at radius 2 is 1.38 bits per heavy atom. The highest BCUT2D eigenvalue weighted by atomic mass is 16.6. The van der Waals surface area contributed by atoms with Gasteiger partial charge in [-0.05, 0) is 23.6 Å². The van der Waals surface area contributed by atoms with Gasteiger partial charge < -0.3 is 4.74 Å². The fourth-order valence-corrected chi connectivity index (χ4v) is 2.03. The molecule has 80 valence electrons. The summed E-state index contributed by atoms with van der Waals surface area (Å²) in [6.45, 7) is 2.11. The third kappa shape index (κ3) is 1.74. The summed E-state index contributed by atoms with van der Waals surface area (Å²) in [5, 5.41) is 0. The first-order valence-corrected chi connectivity index (χ1v) is 5.65. The van der Waals surface area contributed by atoms with Crippen molar-refractivity contribution in [1.82, 2.24) is 0 Å². The zero-order valence-electron chi connectivity index (χ0n) is 9.26. The van der Waals surface area contributed by atoms with Gasteiger partial charge in [0.05, 0.1) is 6.10 Å². The van der Waals surface area contributed by atoms with E-state index in [1.807, 2.05) is 6.07 Å². The molecule has 1 fully saturated rings. The first kappa shape index (κ1) is 9.61. The van der Waals surface area contributed by atoms with Crippen molar-refractivity contribution in [3.05, 3.63) is 60.2 Å². The van der Waals surface area contributed by atoms with Crippen LogP contribution >= 0.6 is 0 Å². The van der Waals surface area contributed by atoms with Gasteiger partial charge in [-0.3, -0.25) is 0 Å². The largest absolute Gasteiger partial charge is 0.365 e. The molecule has 1 heteroatoms. The van der Waals surface area contributed by atoms with Gasteiger partial charge in [0, 0.05) is 0 Å². The quantitative estimate of drug-likeness (QED) is 0.686. The second-order valence-corrected chi connectivity index (χ2v) is 4.25. The number of epoxide rings is 1. The molecule has 16 heavy (non-hydrogen) atoms. The minimum Gasteiger partial charge on any atom is -0.365 e. The van der Waals surface area contributed by atoms with Crippen LogP contribution in [0.15, 0.2) is 54.6 Å². The van der Waals surface area contributed by atoms with Crippen molar-refractivity contribution >= 4 is 0 Å². The molecule has 1 aliphatic rings. The van der Waals surface area contributed by atoms with Crippen molar-refractivity contribution in [3.8, 4) is 11.1 Å². The lowest BCUT2D eigenvalue weighted by Crippen LogP contribution is -1.84. The summed E-state index contributed by atoms with van der Waals surface area (Å²) in [6, 6.07) is 19.1. The maximum absolute atomic E-state index is 5.45. The van der Waals surface area contributed by atoms with E-state index in [9.17, 15) is 0 Å². The average Bonchev–Trinajstić information content (AvgIpc) is 3.08. The Labute approximate surface area is 95.7 Å². The molecule has 0 amide bonds. The molecule has 0 N–H and O–H groups in total. The van der Waals surface area contributed by atoms with Crippen LogP contribution in [-0.4, -0.2) is 6.10 Å². The summed E-state index contributed by atoms with van der Waals surface area (Å²) in [5.74, 6) is 0. The van der Waals surface area contributed by atoms with E-state index >= 15 is 0 Å². The number of benzene rings is 2. The molecule has 0 aromatic heterocycles. The SMILES string of the molecule is CC1OC1c1ccc(-c2ccccc2)cc1. The highest BCUT2D eigenvalue weighted by Crippen LogP contribution is 2.38. The van der Waals surface area contributed by atoms with E-state index in [0.29, 0.717) is 12.2 Å². The molecule has 1 heterocycles. The molecule has 2 unspecified atom stereocenters. The van der Waals surface area contributed by atoms with Crippen LogP contribution in [0.25, 0.3) is 11.1 Å². The van der Waals surface area contributed by atoms with Crippen LogP contribution in [0.4, 0.5) is 0 Å². The highest BCUT2D eigenvalue weighted by molar-refractivity contribution is 5.63. The molecule has 2 atom stereocenters. The average molecular weight is 210 g/mol. The molecule has 0 aliphatic carbocycles. The van der Waals surface area contributed by atoms with Gasteiger partial charge in [0.2, 0.25) is 0 Å². The van der Waals surface area contributed by atoms with Gasteiger partial charge in [-0.15, -0.1) is 0 Å². The lowest BCUT2D eigenvalue weighted by Gasteiger charge is -2.02. The van der Waals surface area contributed by atoms with Gasteiger partial charge in [0.15, 0.2) is 0 Å². The number of hydrogen-bond donors (Lipinski definition) is 0. The Morgan fingerprint density at radius 3 is 1.94 bits per heavy atom. The Morgan fingerprint density at radius 1 is 0.812 bits per heavy atom. The van der Waals surface area contributed by atoms with Crippen LogP contribution in [0.5, 0.6) is 0 Å². The molecule has 2 aromatic carbocycles. The summed E-state index contributed by atoms with van der Waals surface area (Å²) in [7, 11) is 0. The molecule has 3 rings (SSSR count). The predicted octanol–water partition coefficient (Wildman–Crippen LogP) is 3.81. The highest BCUT2D eigenvalue weighted by Gasteiger charge is 2.35. The normalized spacial score (nSPS) is 23.1. The topological polar surface area (TPSA) is 12.5 Å². The maximum Gasteiger partial charge on any atom is 0.109 e. The molecule has 1 aliphatic heterocycles. The van der Waals surface area contributed by atoms with E-state index in [1.54, 1.807) is 0 Å². The second-order valence-electron chi connectivity index (χ2n) is 4.25. The van der Waals surface area contributed by atoms with Crippen molar-refractivity contribution in [3.63, 3.8) is 0 Å². The third-order valence-corrected chi connectivity index (χ3v) is 3.06. The molecule has 0 radical (unpaired) electrons. The van der Waals surface area contributed by atoms with Crippen molar-refractivity contribution in [2.24, 2.45) is 0 Å². The van der Waals surface area contributed by atoms with Crippen molar-refractivity contribution in [2.45, 2.75) is 19.1 Å². The molecule has 1 saturated heterocycles. The summed E-state index contributed by atoms with van der Waals surface area (Å²) in [5.41, 5.74) is 3.81. The van der Waals surface area contributed by atoms with Gasteiger partial charge in [-0.2, -0.15) is 0 Å². The fraction of sp³-hybridized carbons (Fsp3) is 0.200. The molecule has 0 spiro atoms. The standard InChI is InChI=1S/C15H14O/c1-11-15(16-11)14-9-7-13(8-10-14)12-5-3-2-4-6-12/h2-11,15H,1H3. The van der Waals surface area contributed by atoms with E-state index < -0.39 is 0 Å². The van der Waals surface area contributed by atoms with Crippen molar-refractivity contribution < 1.29 is 4.74 Å². The lowest BCUT2D eigenvalue weighted by molar-refractivity contribution is 0.383. The van der Waals surface area contributed by atoms with Crippen molar-refractivity contribution in [1.29, 1.82) is 0 Å². The zero-order valence-corrected chi connectivity index (χ0v) is 9.26. The van der Waals surface area contributed by atoms with Gasteiger partial charge in [0.25, 0.3) is 0 Å². The summed E-state index contributed by atoms with van der Waals surface area (Å²) in [6.07, 6.45) is 0.715. The minimum atomic E-state index is 0.324. The molecular weight excluding hydrogens is 196 g/mol. The van der Waals surface area contributed by atoms with Crippen LogP contribution in [0, 0.1) is 0 Å². The van der Waals surface area contributed by atoms with Crippen LogP contribution in [0.3, 0.4) is 0 Å². The van der Waals surface area contributed by atoms with Gasteiger partial charge in [-0.1, -0.05) is 54.6 Å². The number of ether oxygens (including phenoxy) is 1. The van der Waals surface area contributed by atoms with Crippen LogP contribution < -0.4 is 0 Å². The van der Waals surface area contributed by atoms with Crippen LogP contribution in [0.1, 0.15) is 18.6 Å². The van der Waals surface area contributed by atoms with Crippen LogP contribution in [-0.2, 0) is 4.74 Å². The van der Waals surface area contributed by atoms with Crippen molar-refractivity contribution in [2.75, 3.05) is 0 Å². The van der Waals surface area contributed by atoms with E-state index in [-0.39, 0.29) is 0 Å². The summed E-state index contributed by atoms with van der Waals surface area (Å²) < 4.78 is 5.45. The second kappa shape index (κ2) is 3.76. The predicted molar refractivity (Wildman–Crippen MR) is 65.2 cm³/mol. The van der Waals surface area contributed by atoms with Gasteiger partial charge in [-0.25, -0.2) is 0 Å². The molecule has 2 aromatic rings. The van der Waals surface area contributed by atoms with E-state index in [1.165, 1.54) is 16.7 Å². The first-order valence-electron chi connectivity index (χ1n) is 5.65. The van der Waals surface area contributed by atoms with Gasteiger partial charge in [0.1, 0.15) is 6.10 Å². The Kier molecular flexibility index (Phi) is 2.26. The smallest absolute Gasteiger partial charge is 0.109 e. The number of rotatable bonds is 2. The summed E-state index contributed by atoms with van der Waals surface area (Å²) in [4.78, 5) is 0. The fourth-order valence-electron chi connectivity index (χ4n) is 2.03. The molecule has 1 nitrogen and oxygen atoms in total. The van der Waals surface area contributed by atoms with Crippen LogP contribution in [0.2, 0.25) is 0 Å². The molecule has 0 bridgehead atoms. The van der Waals surface area contributed by atoms with E-state index in [4.69, 9.17) is 4.74 Å². The lowest BCUT2D eigenvalue weighted by atomic mass is 10.0. The van der Waals surface area contributed by atoms with E-state index in [2.05, 4.69) is 55.5 Å². The zero-order chi connectivity index (χ0) is 11.0.